The van der Waals surface area contributed by atoms with Crippen LogP contribution in [0.1, 0.15) is 16.7 Å². The van der Waals surface area contributed by atoms with Crippen molar-refractivity contribution in [3.05, 3.63) is 95.1 Å². The molecule has 8 heteroatoms. The van der Waals surface area contributed by atoms with Crippen LogP contribution >= 0.6 is 0 Å². The third-order valence-electron chi connectivity index (χ3n) is 4.89. The molecule has 3 rings (SSSR count). The smallest absolute Gasteiger partial charge is 0.336 e. The summed E-state index contributed by atoms with van der Waals surface area (Å²) in [5.74, 6) is -2.34. The molecule has 3 aromatic rings. The Balaban J connectivity index is 2.31. The van der Waals surface area contributed by atoms with Crippen LogP contribution in [0.2, 0.25) is 0 Å². The van der Waals surface area contributed by atoms with Gasteiger partial charge in [0, 0.05) is 37.5 Å². The number of hydrogen-bond acceptors (Lipinski definition) is 5. The minimum Gasteiger partial charge on any atom is -0.478 e. The predicted octanol–water partition coefficient (Wildman–Crippen LogP) is 5.17. The van der Waals surface area contributed by atoms with Gasteiger partial charge in [0.05, 0.1) is 5.57 Å². The molecule has 0 bridgehead atoms. The maximum atomic E-state index is 14.1. The van der Waals surface area contributed by atoms with Gasteiger partial charge >= 0.3 is 5.97 Å². The molecule has 1 N–H and O–H groups in total. The van der Waals surface area contributed by atoms with Crippen LogP contribution in [0.3, 0.4) is 0 Å². The Morgan fingerprint density at radius 2 is 1.32 bits per heavy atom. The topological polar surface area (TPSA) is 74.2 Å². The van der Waals surface area contributed by atoms with Crippen molar-refractivity contribution in [2.45, 2.75) is 6.42 Å². The maximum Gasteiger partial charge on any atom is 0.336 e. The lowest BCUT2D eigenvalue weighted by Gasteiger charge is -2.19. The number of aliphatic carboxylic acids is 1. The summed E-state index contributed by atoms with van der Waals surface area (Å²) in [4.78, 5) is 12.6. The summed E-state index contributed by atoms with van der Waals surface area (Å²) in [6.07, 6.45) is 0.165. The molecule has 0 aliphatic carbocycles. The van der Waals surface area contributed by atoms with Crippen LogP contribution in [-0.4, -0.2) is 38.9 Å². The fourth-order valence-corrected chi connectivity index (χ4v) is 3.46. The van der Waals surface area contributed by atoms with Crippen LogP contribution in [0.5, 0.6) is 11.5 Å². The summed E-state index contributed by atoms with van der Waals surface area (Å²) >= 11 is 0. The molecule has 0 unspecified atom stereocenters. The number of halogens is 2. The average Bonchev–Trinajstić information content (AvgIpc) is 2.82. The van der Waals surface area contributed by atoms with Gasteiger partial charge in [-0.15, -0.1) is 0 Å². The van der Waals surface area contributed by atoms with Gasteiger partial charge in [-0.1, -0.05) is 30.3 Å². The molecule has 178 valence electrons. The Labute approximate surface area is 196 Å². The first-order chi connectivity index (χ1) is 16.4. The number of benzene rings is 3. The number of ether oxygens (including phenoxy) is 4. The van der Waals surface area contributed by atoms with E-state index in [9.17, 15) is 18.7 Å². The van der Waals surface area contributed by atoms with Crippen molar-refractivity contribution in [3.63, 3.8) is 0 Å². The van der Waals surface area contributed by atoms with Gasteiger partial charge in [0.1, 0.15) is 23.1 Å². The second-order valence-electron chi connectivity index (χ2n) is 7.20. The van der Waals surface area contributed by atoms with Crippen molar-refractivity contribution in [2.24, 2.45) is 0 Å². The molecule has 0 saturated heterocycles. The molecular weight excluding hydrogens is 446 g/mol. The van der Waals surface area contributed by atoms with Gasteiger partial charge in [-0.3, -0.25) is 0 Å². The molecule has 3 aromatic carbocycles. The van der Waals surface area contributed by atoms with E-state index in [1.165, 1.54) is 32.4 Å². The van der Waals surface area contributed by atoms with Crippen LogP contribution in [0.4, 0.5) is 8.78 Å². The highest BCUT2D eigenvalue weighted by Crippen LogP contribution is 2.38. The summed E-state index contributed by atoms with van der Waals surface area (Å²) in [5.41, 5.74) is 1.46. The molecule has 0 atom stereocenters. The number of carboxylic acid groups (broad SMARTS) is 1. The van der Waals surface area contributed by atoms with Crippen molar-refractivity contribution in [1.82, 2.24) is 0 Å². The molecule has 0 spiro atoms. The first-order valence-electron chi connectivity index (χ1n) is 10.3. The van der Waals surface area contributed by atoms with E-state index in [1.54, 1.807) is 0 Å². The Bertz CT molecular complexity index is 1160. The molecular formula is C26H24F2O6. The second-order valence-corrected chi connectivity index (χ2v) is 7.20. The van der Waals surface area contributed by atoms with Gasteiger partial charge in [0.25, 0.3) is 0 Å². The Morgan fingerprint density at radius 3 is 1.85 bits per heavy atom. The first kappa shape index (κ1) is 24.9. The molecule has 0 saturated carbocycles. The SMILES string of the molecule is COCOc1cc(F)ccc1C(Cc1ccccc1)=C(C(=O)O)c1ccc(F)cc1OCOC. The molecule has 0 heterocycles. The number of rotatable bonds is 11. The van der Waals surface area contributed by atoms with Crippen molar-refractivity contribution in [2.75, 3.05) is 27.8 Å². The predicted molar refractivity (Wildman–Crippen MR) is 122 cm³/mol. The van der Waals surface area contributed by atoms with Gasteiger partial charge in [0.2, 0.25) is 0 Å². The minimum atomic E-state index is -1.28. The lowest BCUT2D eigenvalue weighted by Crippen LogP contribution is -2.10. The normalized spacial score (nSPS) is 11.6. The highest BCUT2D eigenvalue weighted by atomic mass is 19.1. The van der Waals surface area contributed by atoms with E-state index >= 15 is 0 Å². The highest BCUT2D eigenvalue weighted by molar-refractivity contribution is 6.25. The third-order valence-corrected chi connectivity index (χ3v) is 4.89. The monoisotopic (exact) mass is 470 g/mol. The molecule has 0 aliphatic heterocycles. The second kappa shape index (κ2) is 11.9. The van der Waals surface area contributed by atoms with Crippen LogP contribution in [0.15, 0.2) is 66.7 Å². The Morgan fingerprint density at radius 1 is 0.794 bits per heavy atom. The molecule has 6 nitrogen and oxygen atoms in total. The standard InChI is InChI=1S/C26H24F2O6/c1-31-15-33-23-13-18(27)8-10-20(23)22(12-17-6-4-3-5-7-17)25(26(29)30)21-11-9-19(28)14-24(21)34-16-32-2/h3-11,13-14H,12,15-16H2,1-2H3,(H,29,30). The van der Waals surface area contributed by atoms with Crippen molar-refractivity contribution >= 4 is 17.1 Å². The van der Waals surface area contributed by atoms with E-state index in [2.05, 4.69) is 0 Å². The van der Waals surface area contributed by atoms with E-state index in [0.717, 1.165) is 23.8 Å². The van der Waals surface area contributed by atoms with Crippen molar-refractivity contribution in [1.29, 1.82) is 0 Å². The third kappa shape index (κ3) is 6.18. The van der Waals surface area contributed by atoms with Gasteiger partial charge < -0.3 is 24.1 Å². The quantitative estimate of drug-likeness (QED) is 0.237. The van der Waals surface area contributed by atoms with E-state index in [-0.39, 0.29) is 42.6 Å². The number of methoxy groups -OCH3 is 2. The summed E-state index contributed by atoms with van der Waals surface area (Å²) in [7, 11) is 2.81. The number of carbonyl (C=O) groups is 1. The van der Waals surface area contributed by atoms with Gasteiger partial charge in [0.15, 0.2) is 13.6 Å². The highest BCUT2D eigenvalue weighted by Gasteiger charge is 2.25. The van der Waals surface area contributed by atoms with Crippen LogP contribution in [0.25, 0.3) is 11.1 Å². The molecule has 0 aromatic heterocycles. The zero-order valence-electron chi connectivity index (χ0n) is 18.7. The maximum absolute atomic E-state index is 14.1. The van der Waals surface area contributed by atoms with Crippen LogP contribution in [-0.2, 0) is 20.7 Å². The van der Waals surface area contributed by atoms with Gasteiger partial charge in [-0.05, 0) is 41.8 Å². The first-order valence-corrected chi connectivity index (χ1v) is 10.3. The summed E-state index contributed by atoms with van der Waals surface area (Å²) in [5, 5.41) is 10.3. The van der Waals surface area contributed by atoms with Crippen molar-refractivity contribution < 1.29 is 37.6 Å². The lowest BCUT2D eigenvalue weighted by atomic mass is 9.89. The van der Waals surface area contributed by atoms with E-state index in [0.29, 0.717) is 11.1 Å². The molecule has 34 heavy (non-hydrogen) atoms. The fraction of sp³-hybridized carbons (Fsp3) is 0.192. The summed E-state index contributed by atoms with van der Waals surface area (Å²) in [6.45, 7) is -0.383. The minimum absolute atomic E-state index is 0.00807. The largest absolute Gasteiger partial charge is 0.478 e. The number of allylic oxidation sites excluding steroid dienone is 1. The van der Waals surface area contributed by atoms with Gasteiger partial charge in [-0.25, -0.2) is 13.6 Å². The average molecular weight is 470 g/mol. The van der Waals surface area contributed by atoms with Crippen LogP contribution < -0.4 is 9.47 Å². The molecule has 0 fully saturated rings. The van der Waals surface area contributed by atoms with E-state index in [4.69, 9.17) is 18.9 Å². The zero-order valence-corrected chi connectivity index (χ0v) is 18.7. The molecule has 0 aliphatic rings. The Hall–Kier alpha value is -3.75. The van der Waals surface area contributed by atoms with E-state index in [1.807, 2.05) is 30.3 Å². The van der Waals surface area contributed by atoms with Crippen LogP contribution in [0, 0.1) is 11.6 Å². The van der Waals surface area contributed by atoms with Crippen molar-refractivity contribution in [3.8, 4) is 11.5 Å². The molecule has 0 radical (unpaired) electrons. The molecule has 0 amide bonds. The number of hydrogen-bond donors (Lipinski definition) is 1. The van der Waals surface area contributed by atoms with Gasteiger partial charge in [-0.2, -0.15) is 0 Å². The number of carboxylic acids is 1. The summed E-state index contributed by atoms with van der Waals surface area (Å²) in [6, 6.07) is 16.5. The Kier molecular flexibility index (Phi) is 8.73. The van der Waals surface area contributed by atoms with E-state index < -0.39 is 17.6 Å². The fourth-order valence-electron chi connectivity index (χ4n) is 3.46. The lowest BCUT2D eigenvalue weighted by molar-refractivity contribution is -0.130. The summed E-state index contributed by atoms with van der Waals surface area (Å²) < 4.78 is 49.0. The zero-order chi connectivity index (χ0) is 24.5.